The van der Waals surface area contributed by atoms with Crippen LogP contribution in [0.3, 0.4) is 0 Å². The number of nitrogens with one attached hydrogen (secondary N) is 2. The van der Waals surface area contributed by atoms with Crippen LogP contribution >= 0.6 is 0 Å². The Morgan fingerprint density at radius 1 is 1.41 bits per heavy atom. The SMILES string of the molecule is CNCC1CN(C(C)c2ccccc2)CCN1. The molecule has 2 atom stereocenters. The molecule has 0 aliphatic carbocycles. The van der Waals surface area contributed by atoms with Crippen LogP contribution in [0.15, 0.2) is 30.3 Å². The van der Waals surface area contributed by atoms with Gasteiger partial charge in [0.1, 0.15) is 0 Å². The molecule has 1 fully saturated rings. The van der Waals surface area contributed by atoms with Crippen LogP contribution in [-0.4, -0.2) is 44.2 Å². The molecule has 0 saturated carbocycles. The number of piperazine rings is 1. The highest BCUT2D eigenvalue weighted by Gasteiger charge is 2.23. The molecule has 0 bridgehead atoms. The van der Waals surface area contributed by atoms with Gasteiger partial charge < -0.3 is 10.6 Å². The minimum atomic E-state index is 0.512. The van der Waals surface area contributed by atoms with Crippen molar-refractivity contribution < 1.29 is 0 Å². The second-order valence-corrected chi connectivity index (χ2v) is 4.79. The van der Waals surface area contributed by atoms with E-state index in [2.05, 4.69) is 52.8 Å². The van der Waals surface area contributed by atoms with Crippen molar-refractivity contribution in [3.63, 3.8) is 0 Å². The maximum atomic E-state index is 3.55. The van der Waals surface area contributed by atoms with Crippen LogP contribution in [0, 0.1) is 0 Å². The van der Waals surface area contributed by atoms with E-state index in [1.165, 1.54) is 5.56 Å². The molecule has 17 heavy (non-hydrogen) atoms. The summed E-state index contributed by atoms with van der Waals surface area (Å²) in [6, 6.07) is 11.9. The summed E-state index contributed by atoms with van der Waals surface area (Å²) >= 11 is 0. The Balaban J connectivity index is 1.97. The number of likely N-dealkylation sites (N-methyl/N-ethyl adjacent to an activating group) is 1. The molecule has 1 aliphatic heterocycles. The molecule has 1 aromatic carbocycles. The van der Waals surface area contributed by atoms with Gasteiger partial charge in [-0.2, -0.15) is 0 Å². The van der Waals surface area contributed by atoms with E-state index in [1.54, 1.807) is 0 Å². The predicted molar refractivity (Wildman–Crippen MR) is 72.1 cm³/mol. The third-order valence-corrected chi connectivity index (χ3v) is 3.57. The van der Waals surface area contributed by atoms with Crippen LogP contribution in [0.1, 0.15) is 18.5 Å². The molecular weight excluding hydrogens is 210 g/mol. The van der Waals surface area contributed by atoms with Crippen LogP contribution in [0.4, 0.5) is 0 Å². The van der Waals surface area contributed by atoms with Crippen LogP contribution in [0.25, 0.3) is 0 Å². The zero-order chi connectivity index (χ0) is 12.1. The average molecular weight is 233 g/mol. The van der Waals surface area contributed by atoms with E-state index in [0.29, 0.717) is 12.1 Å². The Hall–Kier alpha value is -0.900. The third-order valence-electron chi connectivity index (χ3n) is 3.57. The number of benzene rings is 1. The van der Waals surface area contributed by atoms with Gasteiger partial charge in [0.05, 0.1) is 0 Å². The Labute approximate surface area is 104 Å². The van der Waals surface area contributed by atoms with Crippen LogP contribution in [-0.2, 0) is 0 Å². The van der Waals surface area contributed by atoms with E-state index < -0.39 is 0 Å². The second kappa shape index (κ2) is 6.15. The van der Waals surface area contributed by atoms with Crippen molar-refractivity contribution in [2.75, 3.05) is 33.2 Å². The fourth-order valence-corrected chi connectivity index (χ4v) is 2.53. The first kappa shape index (κ1) is 12.6. The van der Waals surface area contributed by atoms with Crippen molar-refractivity contribution in [2.24, 2.45) is 0 Å². The Morgan fingerprint density at radius 2 is 2.18 bits per heavy atom. The van der Waals surface area contributed by atoms with Crippen molar-refractivity contribution in [1.29, 1.82) is 0 Å². The monoisotopic (exact) mass is 233 g/mol. The van der Waals surface area contributed by atoms with E-state index in [9.17, 15) is 0 Å². The molecule has 1 aromatic rings. The predicted octanol–water partition coefficient (Wildman–Crippen LogP) is 1.24. The van der Waals surface area contributed by atoms with Crippen molar-refractivity contribution in [2.45, 2.75) is 19.0 Å². The summed E-state index contributed by atoms with van der Waals surface area (Å²) in [5.74, 6) is 0. The average Bonchev–Trinajstić information content (AvgIpc) is 2.40. The summed E-state index contributed by atoms with van der Waals surface area (Å²) in [7, 11) is 2.02. The highest BCUT2D eigenvalue weighted by atomic mass is 15.2. The van der Waals surface area contributed by atoms with Gasteiger partial charge in [0.25, 0.3) is 0 Å². The molecule has 1 heterocycles. The van der Waals surface area contributed by atoms with Gasteiger partial charge in [0, 0.05) is 38.3 Å². The summed E-state index contributed by atoms with van der Waals surface area (Å²) in [5, 5.41) is 6.80. The zero-order valence-corrected chi connectivity index (χ0v) is 10.8. The van der Waals surface area contributed by atoms with E-state index in [-0.39, 0.29) is 0 Å². The smallest absolute Gasteiger partial charge is 0.0321 e. The minimum absolute atomic E-state index is 0.512. The molecule has 2 unspecified atom stereocenters. The van der Waals surface area contributed by atoms with Gasteiger partial charge in [-0.1, -0.05) is 30.3 Å². The highest BCUT2D eigenvalue weighted by Crippen LogP contribution is 2.20. The summed E-state index contributed by atoms with van der Waals surface area (Å²) in [4.78, 5) is 2.56. The van der Waals surface area contributed by atoms with Gasteiger partial charge in [-0.05, 0) is 19.5 Å². The van der Waals surface area contributed by atoms with Gasteiger partial charge in [-0.25, -0.2) is 0 Å². The second-order valence-electron chi connectivity index (χ2n) is 4.79. The highest BCUT2D eigenvalue weighted by molar-refractivity contribution is 5.18. The first-order chi connectivity index (χ1) is 8.31. The van der Waals surface area contributed by atoms with Crippen LogP contribution < -0.4 is 10.6 Å². The lowest BCUT2D eigenvalue weighted by Crippen LogP contribution is -2.54. The fraction of sp³-hybridized carbons (Fsp3) is 0.571. The quantitative estimate of drug-likeness (QED) is 0.819. The maximum Gasteiger partial charge on any atom is 0.0321 e. The molecule has 1 aliphatic rings. The van der Waals surface area contributed by atoms with E-state index in [0.717, 1.165) is 26.2 Å². The van der Waals surface area contributed by atoms with Crippen molar-refractivity contribution in [3.8, 4) is 0 Å². The molecule has 3 nitrogen and oxygen atoms in total. The van der Waals surface area contributed by atoms with E-state index in [1.807, 2.05) is 7.05 Å². The number of hydrogen-bond donors (Lipinski definition) is 2. The lowest BCUT2D eigenvalue weighted by Gasteiger charge is -2.37. The van der Waals surface area contributed by atoms with Gasteiger partial charge >= 0.3 is 0 Å². The third kappa shape index (κ3) is 3.28. The summed E-state index contributed by atoms with van der Waals surface area (Å²) < 4.78 is 0. The van der Waals surface area contributed by atoms with E-state index in [4.69, 9.17) is 0 Å². The molecule has 94 valence electrons. The van der Waals surface area contributed by atoms with Crippen LogP contribution in [0.5, 0.6) is 0 Å². The number of hydrogen-bond acceptors (Lipinski definition) is 3. The fourth-order valence-electron chi connectivity index (χ4n) is 2.53. The van der Waals surface area contributed by atoms with E-state index >= 15 is 0 Å². The molecule has 2 N–H and O–H groups in total. The Morgan fingerprint density at radius 3 is 2.88 bits per heavy atom. The molecule has 0 amide bonds. The normalized spacial score (nSPS) is 23.5. The molecule has 0 aromatic heterocycles. The van der Waals surface area contributed by atoms with Crippen molar-refractivity contribution in [1.82, 2.24) is 15.5 Å². The van der Waals surface area contributed by atoms with Crippen molar-refractivity contribution in [3.05, 3.63) is 35.9 Å². The van der Waals surface area contributed by atoms with Crippen molar-refractivity contribution >= 4 is 0 Å². The van der Waals surface area contributed by atoms with Gasteiger partial charge in [-0.15, -0.1) is 0 Å². The van der Waals surface area contributed by atoms with Gasteiger partial charge in [0.15, 0.2) is 0 Å². The molecule has 0 radical (unpaired) electrons. The topological polar surface area (TPSA) is 27.3 Å². The number of rotatable bonds is 4. The molecule has 2 rings (SSSR count). The van der Waals surface area contributed by atoms with Gasteiger partial charge in [-0.3, -0.25) is 4.90 Å². The lowest BCUT2D eigenvalue weighted by molar-refractivity contribution is 0.152. The Kier molecular flexibility index (Phi) is 4.54. The Bertz CT molecular complexity index is 323. The lowest BCUT2D eigenvalue weighted by atomic mass is 10.0. The van der Waals surface area contributed by atoms with Gasteiger partial charge in [0.2, 0.25) is 0 Å². The minimum Gasteiger partial charge on any atom is -0.318 e. The first-order valence-electron chi connectivity index (χ1n) is 6.48. The summed E-state index contributed by atoms with van der Waals surface area (Å²) in [5.41, 5.74) is 1.41. The summed E-state index contributed by atoms with van der Waals surface area (Å²) in [6.45, 7) is 6.69. The first-order valence-corrected chi connectivity index (χ1v) is 6.48. The molecule has 1 saturated heterocycles. The number of nitrogens with zero attached hydrogens (tertiary/aromatic N) is 1. The summed E-state index contributed by atoms with van der Waals surface area (Å²) in [6.07, 6.45) is 0. The molecule has 0 spiro atoms. The zero-order valence-electron chi connectivity index (χ0n) is 10.8. The van der Waals surface area contributed by atoms with Crippen LogP contribution in [0.2, 0.25) is 0 Å². The standard InChI is InChI=1S/C14H23N3/c1-12(13-6-4-3-5-7-13)17-9-8-16-14(11-17)10-15-2/h3-7,12,14-16H,8-11H2,1-2H3. The molecular formula is C14H23N3. The maximum absolute atomic E-state index is 3.55. The largest absolute Gasteiger partial charge is 0.318 e. The molecule has 3 heteroatoms.